The summed E-state index contributed by atoms with van der Waals surface area (Å²) in [6.45, 7) is 1.70. The maximum absolute atomic E-state index is 5.84. The van der Waals surface area contributed by atoms with Gasteiger partial charge in [-0.2, -0.15) is 0 Å². The Morgan fingerprint density at radius 1 is 1.21 bits per heavy atom. The number of hydrogen-bond acceptors (Lipinski definition) is 3. The molecule has 0 bridgehead atoms. The second-order valence-corrected chi connectivity index (χ2v) is 3.62. The van der Waals surface area contributed by atoms with Crippen LogP contribution in [0.2, 0.25) is 0 Å². The van der Waals surface area contributed by atoms with E-state index in [-0.39, 0.29) is 0 Å². The number of para-hydroxylation sites is 2. The number of benzene rings is 1. The summed E-state index contributed by atoms with van der Waals surface area (Å²) in [5, 5.41) is 3.44. The highest BCUT2D eigenvalue weighted by Crippen LogP contribution is 2.20. The van der Waals surface area contributed by atoms with Crippen molar-refractivity contribution in [1.82, 2.24) is 0 Å². The number of ether oxygens (including phenoxy) is 1. The normalized spacial score (nSPS) is 18.0. The lowest BCUT2D eigenvalue weighted by Crippen LogP contribution is -2.28. The first-order chi connectivity index (χ1) is 6.86. The van der Waals surface area contributed by atoms with Crippen LogP contribution in [0.5, 0.6) is 0 Å². The molecule has 2 rings (SSSR count). The topological polar surface area (TPSA) is 47.3 Å². The first-order valence-electron chi connectivity index (χ1n) is 5.05. The number of nitrogen functional groups attached to an aromatic ring is 1. The van der Waals surface area contributed by atoms with Crippen molar-refractivity contribution < 1.29 is 4.74 Å². The van der Waals surface area contributed by atoms with Gasteiger partial charge in [-0.25, -0.2) is 0 Å². The molecule has 1 aliphatic rings. The van der Waals surface area contributed by atoms with Crippen LogP contribution in [-0.4, -0.2) is 19.3 Å². The molecule has 1 fully saturated rings. The molecule has 3 nitrogen and oxygen atoms in total. The van der Waals surface area contributed by atoms with Gasteiger partial charge in [0.25, 0.3) is 0 Å². The minimum Gasteiger partial charge on any atom is -0.397 e. The van der Waals surface area contributed by atoms with Gasteiger partial charge in [-0.05, 0) is 25.0 Å². The molecule has 1 aliphatic heterocycles. The van der Waals surface area contributed by atoms with Gasteiger partial charge in [-0.3, -0.25) is 0 Å². The highest BCUT2D eigenvalue weighted by molar-refractivity contribution is 5.65. The van der Waals surface area contributed by atoms with E-state index in [1.54, 1.807) is 0 Å². The van der Waals surface area contributed by atoms with Crippen molar-refractivity contribution in [3.8, 4) is 0 Å². The van der Waals surface area contributed by atoms with E-state index < -0.39 is 0 Å². The lowest BCUT2D eigenvalue weighted by molar-refractivity contribution is 0.0904. The Labute approximate surface area is 84.3 Å². The Bertz CT molecular complexity index is 295. The first-order valence-corrected chi connectivity index (χ1v) is 5.05. The Morgan fingerprint density at radius 3 is 2.64 bits per heavy atom. The fourth-order valence-corrected chi connectivity index (χ4v) is 1.69. The largest absolute Gasteiger partial charge is 0.397 e. The first kappa shape index (κ1) is 9.34. The molecule has 3 heteroatoms. The molecule has 3 N–H and O–H groups in total. The van der Waals surface area contributed by atoms with Gasteiger partial charge in [0.2, 0.25) is 0 Å². The van der Waals surface area contributed by atoms with Gasteiger partial charge in [0.1, 0.15) is 0 Å². The van der Waals surface area contributed by atoms with Crippen molar-refractivity contribution in [3.63, 3.8) is 0 Å². The fourth-order valence-electron chi connectivity index (χ4n) is 1.69. The standard InChI is InChI=1S/C11H16N2O/c12-10-3-1-2-4-11(10)13-9-5-7-14-8-6-9/h1-4,9,13H,5-8,12H2. The van der Waals surface area contributed by atoms with E-state index >= 15 is 0 Å². The van der Waals surface area contributed by atoms with Crippen molar-refractivity contribution in [2.45, 2.75) is 18.9 Å². The van der Waals surface area contributed by atoms with E-state index in [4.69, 9.17) is 10.5 Å². The van der Waals surface area contributed by atoms with E-state index in [1.165, 1.54) is 0 Å². The zero-order valence-electron chi connectivity index (χ0n) is 8.20. The third-order valence-corrected chi connectivity index (χ3v) is 2.54. The Hall–Kier alpha value is -1.22. The van der Waals surface area contributed by atoms with Crippen LogP contribution in [0.4, 0.5) is 11.4 Å². The number of nitrogens with one attached hydrogen (secondary N) is 1. The molecule has 0 unspecified atom stereocenters. The quantitative estimate of drug-likeness (QED) is 0.703. The van der Waals surface area contributed by atoms with Gasteiger partial charge in [0.15, 0.2) is 0 Å². The van der Waals surface area contributed by atoms with E-state index in [0.717, 1.165) is 37.4 Å². The summed E-state index contributed by atoms with van der Waals surface area (Å²) in [7, 11) is 0. The minimum atomic E-state index is 0.508. The zero-order chi connectivity index (χ0) is 9.80. The number of hydrogen-bond donors (Lipinski definition) is 2. The zero-order valence-corrected chi connectivity index (χ0v) is 8.20. The van der Waals surface area contributed by atoms with Gasteiger partial charge >= 0.3 is 0 Å². The predicted molar refractivity (Wildman–Crippen MR) is 58.3 cm³/mol. The SMILES string of the molecule is Nc1ccccc1NC1CCOCC1. The average Bonchev–Trinajstić information content (AvgIpc) is 2.23. The summed E-state index contributed by atoms with van der Waals surface area (Å²) in [5.74, 6) is 0. The van der Waals surface area contributed by atoms with Crippen LogP contribution in [0.1, 0.15) is 12.8 Å². The Kier molecular flexibility index (Phi) is 2.89. The fraction of sp³-hybridized carbons (Fsp3) is 0.455. The second kappa shape index (κ2) is 4.33. The maximum atomic E-state index is 5.84. The van der Waals surface area contributed by atoms with Crippen molar-refractivity contribution in [2.24, 2.45) is 0 Å². The van der Waals surface area contributed by atoms with Crippen LogP contribution in [-0.2, 0) is 4.74 Å². The number of anilines is 2. The van der Waals surface area contributed by atoms with E-state index in [1.807, 2.05) is 24.3 Å². The maximum Gasteiger partial charge on any atom is 0.0576 e. The van der Waals surface area contributed by atoms with Crippen molar-refractivity contribution >= 4 is 11.4 Å². The van der Waals surface area contributed by atoms with Crippen LogP contribution in [0.25, 0.3) is 0 Å². The highest BCUT2D eigenvalue weighted by atomic mass is 16.5. The summed E-state index contributed by atoms with van der Waals surface area (Å²) in [4.78, 5) is 0. The Morgan fingerprint density at radius 2 is 1.93 bits per heavy atom. The van der Waals surface area contributed by atoms with Crippen molar-refractivity contribution in [1.29, 1.82) is 0 Å². The van der Waals surface area contributed by atoms with Gasteiger partial charge in [0.05, 0.1) is 11.4 Å². The van der Waals surface area contributed by atoms with Crippen molar-refractivity contribution in [2.75, 3.05) is 24.3 Å². The minimum absolute atomic E-state index is 0.508. The molecular formula is C11H16N2O. The number of nitrogens with two attached hydrogens (primary N) is 1. The molecule has 1 aromatic rings. The molecule has 0 radical (unpaired) electrons. The van der Waals surface area contributed by atoms with Gasteiger partial charge in [0, 0.05) is 19.3 Å². The summed E-state index contributed by atoms with van der Waals surface area (Å²) >= 11 is 0. The third kappa shape index (κ3) is 2.17. The molecule has 0 aliphatic carbocycles. The van der Waals surface area contributed by atoms with Crippen LogP contribution < -0.4 is 11.1 Å². The van der Waals surface area contributed by atoms with Crippen molar-refractivity contribution in [3.05, 3.63) is 24.3 Å². The summed E-state index contributed by atoms with van der Waals surface area (Å²) in [6.07, 6.45) is 2.13. The molecular weight excluding hydrogens is 176 g/mol. The van der Waals surface area contributed by atoms with E-state index in [2.05, 4.69) is 5.32 Å². The van der Waals surface area contributed by atoms with Gasteiger partial charge in [-0.15, -0.1) is 0 Å². The molecule has 0 spiro atoms. The molecule has 1 aromatic carbocycles. The number of rotatable bonds is 2. The molecule has 1 heterocycles. The predicted octanol–water partition coefficient (Wildman–Crippen LogP) is 1.86. The molecule has 0 amide bonds. The second-order valence-electron chi connectivity index (χ2n) is 3.62. The average molecular weight is 192 g/mol. The third-order valence-electron chi connectivity index (χ3n) is 2.54. The van der Waals surface area contributed by atoms with Gasteiger partial charge in [-0.1, -0.05) is 12.1 Å². The highest BCUT2D eigenvalue weighted by Gasteiger charge is 2.13. The Balaban J connectivity index is 1.99. The molecule has 1 saturated heterocycles. The molecule has 0 atom stereocenters. The molecule has 0 saturated carbocycles. The molecule has 0 aromatic heterocycles. The van der Waals surface area contributed by atoms with Crippen LogP contribution in [0.3, 0.4) is 0 Å². The van der Waals surface area contributed by atoms with E-state index in [0.29, 0.717) is 6.04 Å². The lowest BCUT2D eigenvalue weighted by atomic mass is 10.1. The summed E-state index contributed by atoms with van der Waals surface area (Å²) < 4.78 is 5.30. The van der Waals surface area contributed by atoms with Gasteiger partial charge < -0.3 is 15.8 Å². The van der Waals surface area contributed by atoms with Crippen LogP contribution in [0.15, 0.2) is 24.3 Å². The molecule has 14 heavy (non-hydrogen) atoms. The lowest BCUT2D eigenvalue weighted by Gasteiger charge is -2.24. The summed E-state index contributed by atoms with van der Waals surface area (Å²) in [6, 6.07) is 8.39. The molecule has 76 valence electrons. The smallest absolute Gasteiger partial charge is 0.0576 e. The van der Waals surface area contributed by atoms with Crippen LogP contribution >= 0.6 is 0 Å². The summed E-state index contributed by atoms with van der Waals surface area (Å²) in [5.41, 5.74) is 7.70. The van der Waals surface area contributed by atoms with Crippen LogP contribution in [0, 0.1) is 0 Å². The monoisotopic (exact) mass is 192 g/mol. The van der Waals surface area contributed by atoms with E-state index in [9.17, 15) is 0 Å².